The van der Waals surface area contributed by atoms with Gasteiger partial charge in [-0.3, -0.25) is 14.3 Å². The summed E-state index contributed by atoms with van der Waals surface area (Å²) in [5.41, 5.74) is 1.14. The first-order valence-corrected chi connectivity index (χ1v) is 9.18. The maximum atomic E-state index is 12.5. The van der Waals surface area contributed by atoms with Crippen LogP contribution in [0.15, 0.2) is 47.4 Å². The molecule has 0 bridgehead atoms. The molecule has 0 saturated heterocycles. The summed E-state index contributed by atoms with van der Waals surface area (Å²) in [5, 5.41) is 11.4. The van der Waals surface area contributed by atoms with Gasteiger partial charge in [-0.05, 0) is 42.8 Å². The molecule has 0 aliphatic carbocycles. The molecule has 9 heteroatoms. The SMILES string of the molecule is CC1Oc2ccc(S(=O)(=O)Nc3ccc(CC(=O)O)cc3)cc2NC1=O. The van der Waals surface area contributed by atoms with Crippen LogP contribution in [0.25, 0.3) is 0 Å². The van der Waals surface area contributed by atoms with E-state index in [1.165, 1.54) is 42.5 Å². The van der Waals surface area contributed by atoms with Gasteiger partial charge in [-0.2, -0.15) is 0 Å². The van der Waals surface area contributed by atoms with E-state index in [1.807, 2.05) is 0 Å². The van der Waals surface area contributed by atoms with Crippen molar-refractivity contribution in [1.82, 2.24) is 0 Å². The predicted octanol–water partition coefficient (Wildman–Crippen LogP) is 1.83. The second kappa shape index (κ2) is 6.68. The molecule has 3 N–H and O–H groups in total. The Balaban J connectivity index is 1.81. The van der Waals surface area contributed by atoms with Gasteiger partial charge in [-0.1, -0.05) is 12.1 Å². The lowest BCUT2D eigenvalue weighted by Crippen LogP contribution is -2.34. The number of hydrogen-bond acceptors (Lipinski definition) is 5. The van der Waals surface area contributed by atoms with Crippen molar-refractivity contribution in [1.29, 1.82) is 0 Å². The zero-order chi connectivity index (χ0) is 18.9. The van der Waals surface area contributed by atoms with E-state index in [2.05, 4.69) is 10.0 Å². The average molecular weight is 376 g/mol. The molecule has 0 saturated carbocycles. The molecule has 26 heavy (non-hydrogen) atoms. The normalized spacial score (nSPS) is 16.2. The van der Waals surface area contributed by atoms with Crippen molar-refractivity contribution in [3.8, 4) is 5.75 Å². The van der Waals surface area contributed by atoms with Crippen molar-refractivity contribution < 1.29 is 27.9 Å². The average Bonchev–Trinajstić information content (AvgIpc) is 2.56. The Labute approximate surface area is 149 Å². The number of carboxylic acids is 1. The predicted molar refractivity (Wildman–Crippen MR) is 93.8 cm³/mol. The van der Waals surface area contributed by atoms with Crippen molar-refractivity contribution in [3.63, 3.8) is 0 Å². The van der Waals surface area contributed by atoms with Crippen molar-refractivity contribution in [2.24, 2.45) is 0 Å². The third kappa shape index (κ3) is 3.77. The lowest BCUT2D eigenvalue weighted by Gasteiger charge is -2.23. The molecule has 0 aromatic heterocycles. The number of ether oxygens (including phenoxy) is 1. The Kier molecular flexibility index (Phi) is 4.56. The number of anilines is 2. The van der Waals surface area contributed by atoms with E-state index in [-0.39, 0.29) is 22.9 Å². The standard InChI is InChI=1S/C17H16N2O6S/c1-10-17(22)18-14-9-13(6-7-15(14)25-10)26(23,24)19-12-4-2-11(3-5-12)8-16(20)21/h2-7,9-10,19H,8H2,1H3,(H,18,22)(H,20,21). The highest BCUT2D eigenvalue weighted by molar-refractivity contribution is 7.92. The van der Waals surface area contributed by atoms with Gasteiger partial charge < -0.3 is 15.2 Å². The van der Waals surface area contributed by atoms with Crippen LogP contribution in [0.1, 0.15) is 12.5 Å². The molecular formula is C17H16N2O6S. The quantitative estimate of drug-likeness (QED) is 0.732. The molecule has 0 radical (unpaired) electrons. The number of hydrogen-bond donors (Lipinski definition) is 3. The van der Waals surface area contributed by atoms with E-state index in [9.17, 15) is 18.0 Å². The largest absolute Gasteiger partial charge is 0.481 e. The molecule has 8 nitrogen and oxygen atoms in total. The Morgan fingerprint density at radius 3 is 2.58 bits per heavy atom. The first-order valence-electron chi connectivity index (χ1n) is 7.70. The zero-order valence-electron chi connectivity index (χ0n) is 13.7. The highest BCUT2D eigenvalue weighted by atomic mass is 32.2. The molecule has 0 fully saturated rings. The van der Waals surface area contributed by atoms with Crippen LogP contribution in [0.3, 0.4) is 0 Å². The van der Waals surface area contributed by atoms with Gasteiger partial charge in [0.15, 0.2) is 6.10 Å². The number of amides is 1. The number of carboxylic acid groups (broad SMARTS) is 1. The van der Waals surface area contributed by atoms with Crippen LogP contribution in [0, 0.1) is 0 Å². The molecule has 2 aromatic carbocycles. The molecule has 1 heterocycles. The second-order valence-electron chi connectivity index (χ2n) is 5.78. The first-order chi connectivity index (χ1) is 12.2. The fourth-order valence-electron chi connectivity index (χ4n) is 2.43. The van der Waals surface area contributed by atoms with E-state index in [0.29, 0.717) is 17.0 Å². The number of aliphatic carboxylic acids is 1. The van der Waals surface area contributed by atoms with E-state index >= 15 is 0 Å². The van der Waals surface area contributed by atoms with Gasteiger partial charge in [0.25, 0.3) is 15.9 Å². The topological polar surface area (TPSA) is 122 Å². The minimum Gasteiger partial charge on any atom is -0.481 e. The monoisotopic (exact) mass is 376 g/mol. The van der Waals surface area contributed by atoms with E-state index in [1.54, 1.807) is 6.92 Å². The Morgan fingerprint density at radius 2 is 1.92 bits per heavy atom. The molecule has 3 rings (SSSR count). The smallest absolute Gasteiger partial charge is 0.307 e. The second-order valence-corrected chi connectivity index (χ2v) is 7.46. The van der Waals surface area contributed by atoms with Gasteiger partial charge in [0.05, 0.1) is 17.0 Å². The lowest BCUT2D eigenvalue weighted by molar-refractivity contribution is -0.136. The van der Waals surface area contributed by atoms with E-state index in [4.69, 9.17) is 9.84 Å². The fraction of sp³-hybridized carbons (Fsp3) is 0.176. The third-order valence-corrected chi connectivity index (χ3v) is 5.13. The van der Waals surface area contributed by atoms with Crippen LogP contribution in [0.5, 0.6) is 5.75 Å². The zero-order valence-corrected chi connectivity index (χ0v) is 14.5. The summed E-state index contributed by atoms with van der Waals surface area (Å²) in [7, 11) is -3.89. The van der Waals surface area contributed by atoms with Crippen molar-refractivity contribution >= 4 is 33.3 Å². The lowest BCUT2D eigenvalue weighted by atomic mass is 10.1. The summed E-state index contributed by atoms with van der Waals surface area (Å²) in [6.45, 7) is 1.60. The van der Waals surface area contributed by atoms with Crippen molar-refractivity contribution in [2.45, 2.75) is 24.3 Å². The summed E-state index contributed by atoms with van der Waals surface area (Å²) in [4.78, 5) is 22.3. The minimum atomic E-state index is -3.89. The molecular weight excluding hydrogens is 360 g/mol. The van der Waals surface area contributed by atoms with Crippen molar-refractivity contribution in [2.75, 3.05) is 10.0 Å². The number of carbonyl (C=O) groups excluding carboxylic acids is 1. The van der Waals surface area contributed by atoms with Gasteiger partial charge in [-0.15, -0.1) is 0 Å². The minimum absolute atomic E-state index is 0.0377. The number of sulfonamides is 1. The van der Waals surface area contributed by atoms with E-state index in [0.717, 1.165) is 0 Å². The highest BCUT2D eigenvalue weighted by Gasteiger charge is 2.25. The number of fused-ring (bicyclic) bond motifs is 1. The van der Waals surface area contributed by atoms with Gasteiger partial charge in [0.1, 0.15) is 5.75 Å². The van der Waals surface area contributed by atoms with Gasteiger partial charge in [-0.25, -0.2) is 8.42 Å². The van der Waals surface area contributed by atoms with Crippen LogP contribution < -0.4 is 14.8 Å². The van der Waals surface area contributed by atoms with Gasteiger partial charge in [0, 0.05) is 5.69 Å². The third-order valence-electron chi connectivity index (χ3n) is 3.75. The summed E-state index contributed by atoms with van der Waals surface area (Å²) in [6, 6.07) is 10.2. The van der Waals surface area contributed by atoms with Gasteiger partial charge >= 0.3 is 5.97 Å². The van der Waals surface area contributed by atoms with E-state index < -0.39 is 22.1 Å². The summed E-state index contributed by atoms with van der Waals surface area (Å²) >= 11 is 0. The van der Waals surface area contributed by atoms with Crippen LogP contribution in [-0.4, -0.2) is 31.5 Å². The molecule has 136 valence electrons. The maximum Gasteiger partial charge on any atom is 0.307 e. The molecule has 1 aliphatic rings. The Morgan fingerprint density at radius 1 is 1.23 bits per heavy atom. The molecule has 1 atom stereocenters. The number of nitrogens with one attached hydrogen (secondary N) is 2. The molecule has 1 aliphatic heterocycles. The Bertz CT molecular complexity index is 969. The van der Waals surface area contributed by atoms with Crippen LogP contribution in [0.4, 0.5) is 11.4 Å². The van der Waals surface area contributed by atoms with Crippen molar-refractivity contribution in [3.05, 3.63) is 48.0 Å². The summed E-state index contributed by atoms with van der Waals surface area (Å²) in [6.07, 6.45) is -0.789. The molecule has 2 aromatic rings. The maximum absolute atomic E-state index is 12.5. The fourth-order valence-corrected chi connectivity index (χ4v) is 3.52. The molecule has 1 amide bonds. The Hall–Kier alpha value is -3.07. The summed E-state index contributed by atoms with van der Waals surface area (Å²) < 4.78 is 32.9. The highest BCUT2D eigenvalue weighted by Crippen LogP contribution is 2.32. The first kappa shape index (κ1) is 17.7. The number of rotatable bonds is 5. The van der Waals surface area contributed by atoms with Crippen LogP contribution in [-0.2, 0) is 26.0 Å². The molecule has 1 unspecified atom stereocenters. The van der Waals surface area contributed by atoms with Gasteiger partial charge in [0.2, 0.25) is 0 Å². The number of carbonyl (C=O) groups is 2. The molecule has 0 spiro atoms. The number of benzene rings is 2. The summed E-state index contributed by atoms with van der Waals surface area (Å²) in [5.74, 6) is -0.922. The van der Waals surface area contributed by atoms with Crippen LogP contribution >= 0.6 is 0 Å². The van der Waals surface area contributed by atoms with Crippen LogP contribution in [0.2, 0.25) is 0 Å².